The smallest absolute Gasteiger partial charge is 0.339 e. The van der Waals surface area contributed by atoms with Crippen LogP contribution in [0.15, 0.2) is 24.3 Å². The number of carbonyl (C=O) groups excluding carboxylic acids is 2. The second-order valence-corrected chi connectivity index (χ2v) is 7.61. The van der Waals surface area contributed by atoms with Gasteiger partial charge in [-0.25, -0.2) is 4.79 Å². The van der Waals surface area contributed by atoms with Gasteiger partial charge in [-0.2, -0.15) is 0 Å². The molecule has 4 rings (SSSR count). The molecule has 0 saturated heterocycles. The lowest BCUT2D eigenvalue weighted by Crippen LogP contribution is -2.36. The van der Waals surface area contributed by atoms with Crippen molar-refractivity contribution in [1.82, 2.24) is 10.3 Å². The average molecular weight is 366 g/mol. The first-order chi connectivity index (χ1) is 13.2. The van der Waals surface area contributed by atoms with E-state index in [1.807, 2.05) is 24.3 Å². The summed E-state index contributed by atoms with van der Waals surface area (Å²) in [4.78, 5) is 29.9. The van der Waals surface area contributed by atoms with Gasteiger partial charge in [-0.05, 0) is 50.2 Å². The van der Waals surface area contributed by atoms with Crippen LogP contribution in [0.3, 0.4) is 0 Å². The molecule has 0 bridgehead atoms. The van der Waals surface area contributed by atoms with Crippen LogP contribution in [0.1, 0.15) is 66.6 Å². The van der Waals surface area contributed by atoms with E-state index in [1.165, 1.54) is 0 Å². The Hall–Kier alpha value is -2.43. The highest BCUT2D eigenvalue weighted by molar-refractivity contribution is 6.05. The van der Waals surface area contributed by atoms with Crippen molar-refractivity contribution in [1.29, 1.82) is 0 Å². The Bertz CT molecular complexity index is 856. The van der Waals surface area contributed by atoms with E-state index in [0.717, 1.165) is 79.9 Å². The van der Waals surface area contributed by atoms with Crippen molar-refractivity contribution in [2.45, 2.75) is 63.8 Å². The summed E-state index contributed by atoms with van der Waals surface area (Å²) >= 11 is 0. The highest BCUT2D eigenvalue weighted by Gasteiger charge is 2.24. The molecule has 1 N–H and O–H groups in total. The Morgan fingerprint density at radius 2 is 1.81 bits per heavy atom. The number of nitrogens with zero attached hydrogens (tertiary/aromatic N) is 1. The number of ether oxygens (including phenoxy) is 1. The Morgan fingerprint density at radius 1 is 1.04 bits per heavy atom. The molecular weight excluding hydrogens is 340 g/mol. The lowest BCUT2D eigenvalue weighted by Gasteiger charge is -2.15. The van der Waals surface area contributed by atoms with Gasteiger partial charge in [-0.15, -0.1) is 0 Å². The Balaban J connectivity index is 1.56. The molecule has 0 spiro atoms. The first-order valence-corrected chi connectivity index (χ1v) is 10.1. The molecule has 0 atom stereocenters. The van der Waals surface area contributed by atoms with Crippen molar-refractivity contribution < 1.29 is 14.3 Å². The molecule has 1 aromatic heterocycles. The van der Waals surface area contributed by atoms with Gasteiger partial charge < -0.3 is 10.1 Å². The minimum Gasteiger partial charge on any atom is -0.452 e. The minimum atomic E-state index is -0.409. The zero-order chi connectivity index (χ0) is 18.6. The normalized spacial score (nSPS) is 17.3. The van der Waals surface area contributed by atoms with Crippen LogP contribution in [0.4, 0.5) is 0 Å². The van der Waals surface area contributed by atoms with Crippen LogP contribution < -0.4 is 5.32 Å². The predicted molar refractivity (Wildman–Crippen MR) is 104 cm³/mol. The molecule has 1 heterocycles. The quantitative estimate of drug-likeness (QED) is 0.661. The summed E-state index contributed by atoms with van der Waals surface area (Å²) in [5.41, 5.74) is 3.44. The van der Waals surface area contributed by atoms with Crippen molar-refractivity contribution in [2.75, 3.05) is 6.61 Å². The third-order valence-corrected chi connectivity index (χ3v) is 5.68. The van der Waals surface area contributed by atoms with Crippen LogP contribution in [0.25, 0.3) is 10.9 Å². The number of amides is 1. The number of rotatable bonds is 4. The molecule has 1 aromatic carbocycles. The zero-order valence-electron chi connectivity index (χ0n) is 15.6. The lowest BCUT2D eigenvalue weighted by molar-refractivity contribution is -0.124. The van der Waals surface area contributed by atoms with E-state index >= 15 is 0 Å². The van der Waals surface area contributed by atoms with Crippen molar-refractivity contribution in [3.05, 3.63) is 41.1 Å². The van der Waals surface area contributed by atoms with Gasteiger partial charge in [-0.1, -0.05) is 37.5 Å². The van der Waals surface area contributed by atoms with Gasteiger partial charge in [0.15, 0.2) is 6.61 Å². The molecule has 2 aliphatic carbocycles. The zero-order valence-corrected chi connectivity index (χ0v) is 15.6. The van der Waals surface area contributed by atoms with Gasteiger partial charge in [0, 0.05) is 17.1 Å². The molecule has 142 valence electrons. The number of fused-ring (bicyclic) bond motifs is 2. The molecular formula is C22H26N2O3. The summed E-state index contributed by atoms with van der Waals surface area (Å²) in [6.45, 7) is -0.221. The molecule has 1 saturated carbocycles. The van der Waals surface area contributed by atoms with Crippen LogP contribution in [0, 0.1) is 0 Å². The van der Waals surface area contributed by atoms with Gasteiger partial charge in [-0.3, -0.25) is 9.78 Å². The van der Waals surface area contributed by atoms with E-state index in [-0.39, 0.29) is 18.6 Å². The SMILES string of the molecule is O=C(COC(=O)c1c2c(nc3ccccc13)CCCCC2)NC1CCCC1. The lowest BCUT2D eigenvalue weighted by atomic mass is 9.97. The third-order valence-electron chi connectivity index (χ3n) is 5.68. The molecule has 0 unspecified atom stereocenters. The van der Waals surface area contributed by atoms with Gasteiger partial charge in [0.05, 0.1) is 11.1 Å². The fraction of sp³-hybridized carbons (Fsp3) is 0.500. The topological polar surface area (TPSA) is 68.3 Å². The number of pyridine rings is 1. The summed E-state index contributed by atoms with van der Waals surface area (Å²) in [5.74, 6) is -0.618. The van der Waals surface area contributed by atoms with Gasteiger partial charge in [0.1, 0.15) is 0 Å². The van der Waals surface area contributed by atoms with Crippen molar-refractivity contribution >= 4 is 22.8 Å². The van der Waals surface area contributed by atoms with Crippen LogP contribution in [-0.2, 0) is 22.4 Å². The molecule has 0 aliphatic heterocycles. The number of para-hydroxylation sites is 1. The second kappa shape index (κ2) is 8.07. The van der Waals surface area contributed by atoms with Crippen LogP contribution in [0.2, 0.25) is 0 Å². The van der Waals surface area contributed by atoms with Gasteiger partial charge in [0.25, 0.3) is 5.91 Å². The maximum atomic E-state index is 13.0. The highest BCUT2D eigenvalue weighted by Crippen LogP contribution is 2.29. The van der Waals surface area contributed by atoms with Crippen LogP contribution in [-0.4, -0.2) is 29.5 Å². The number of nitrogens with one attached hydrogen (secondary N) is 1. The molecule has 5 heteroatoms. The number of aryl methyl sites for hydroxylation is 1. The fourth-order valence-corrected chi connectivity index (χ4v) is 4.33. The Labute approximate surface area is 159 Å². The first kappa shape index (κ1) is 18.0. The van der Waals surface area contributed by atoms with E-state index in [1.54, 1.807) is 0 Å². The summed E-state index contributed by atoms with van der Waals surface area (Å²) in [6, 6.07) is 7.93. The largest absolute Gasteiger partial charge is 0.452 e. The van der Waals surface area contributed by atoms with Crippen molar-refractivity contribution in [3.63, 3.8) is 0 Å². The molecule has 1 fully saturated rings. The molecule has 1 amide bonds. The maximum Gasteiger partial charge on any atom is 0.339 e. The predicted octanol–water partition coefficient (Wildman–Crippen LogP) is 3.72. The molecule has 2 aromatic rings. The first-order valence-electron chi connectivity index (χ1n) is 10.1. The van der Waals surface area contributed by atoms with E-state index in [0.29, 0.717) is 5.56 Å². The Kier molecular flexibility index (Phi) is 5.37. The fourth-order valence-electron chi connectivity index (χ4n) is 4.33. The molecule has 5 nitrogen and oxygen atoms in total. The summed E-state index contributed by atoms with van der Waals surface area (Å²) in [6.07, 6.45) is 9.36. The number of benzene rings is 1. The van der Waals surface area contributed by atoms with Gasteiger partial charge in [0.2, 0.25) is 0 Å². The van der Waals surface area contributed by atoms with E-state index in [4.69, 9.17) is 9.72 Å². The summed E-state index contributed by atoms with van der Waals surface area (Å²) < 4.78 is 5.44. The maximum absolute atomic E-state index is 13.0. The minimum absolute atomic E-state index is 0.209. The highest BCUT2D eigenvalue weighted by atomic mass is 16.5. The molecule has 27 heavy (non-hydrogen) atoms. The van der Waals surface area contributed by atoms with Gasteiger partial charge >= 0.3 is 5.97 Å². The molecule has 0 radical (unpaired) electrons. The van der Waals surface area contributed by atoms with Crippen molar-refractivity contribution in [2.24, 2.45) is 0 Å². The second-order valence-electron chi connectivity index (χ2n) is 7.61. The number of hydrogen-bond donors (Lipinski definition) is 1. The average Bonchev–Trinajstić information content (AvgIpc) is 3.07. The number of aromatic nitrogens is 1. The van der Waals surface area contributed by atoms with E-state index in [9.17, 15) is 9.59 Å². The van der Waals surface area contributed by atoms with Crippen LogP contribution in [0.5, 0.6) is 0 Å². The van der Waals surface area contributed by atoms with Crippen molar-refractivity contribution in [3.8, 4) is 0 Å². The molecule has 2 aliphatic rings. The summed E-state index contributed by atoms with van der Waals surface area (Å²) in [7, 11) is 0. The summed E-state index contributed by atoms with van der Waals surface area (Å²) in [5, 5.41) is 3.79. The third kappa shape index (κ3) is 3.97. The standard InChI is InChI=1S/C22H26N2O3/c25-20(23-15-8-4-5-9-15)14-27-22(26)21-16-10-2-1-3-12-18(16)24-19-13-7-6-11-17(19)21/h6-7,11,13,15H,1-5,8-10,12,14H2,(H,23,25). The number of carbonyl (C=O) groups is 2. The number of esters is 1. The van der Waals surface area contributed by atoms with E-state index < -0.39 is 5.97 Å². The van der Waals surface area contributed by atoms with E-state index in [2.05, 4.69) is 5.32 Å². The Morgan fingerprint density at radius 3 is 2.67 bits per heavy atom. The number of hydrogen-bond acceptors (Lipinski definition) is 4. The monoisotopic (exact) mass is 366 g/mol. The van der Waals surface area contributed by atoms with Crippen LogP contribution >= 0.6 is 0 Å².